The van der Waals surface area contributed by atoms with Gasteiger partial charge in [-0.1, -0.05) is 0 Å². The second-order valence-corrected chi connectivity index (χ2v) is 6.87. The molecule has 1 aromatic carbocycles. The van der Waals surface area contributed by atoms with E-state index in [2.05, 4.69) is 15.9 Å². The summed E-state index contributed by atoms with van der Waals surface area (Å²) in [6.45, 7) is 5.05. The highest BCUT2D eigenvalue weighted by Crippen LogP contribution is 2.33. The molecule has 0 bridgehead atoms. The molecule has 132 valence electrons. The highest BCUT2D eigenvalue weighted by molar-refractivity contribution is 5.74. The first kappa shape index (κ1) is 16.7. The summed E-state index contributed by atoms with van der Waals surface area (Å²) in [6.07, 6.45) is 3.78. The number of hydrogen-bond donors (Lipinski definition) is 1. The molecule has 0 spiro atoms. The van der Waals surface area contributed by atoms with Crippen LogP contribution in [0.25, 0.3) is 0 Å². The maximum Gasteiger partial charge on any atom is 0.319 e. The maximum atomic E-state index is 12.0. The number of urea groups is 1. The Hall–Kier alpha value is -2.11. The minimum Gasteiger partial charge on any atom is -0.506 e. The molecule has 6 heteroatoms. The summed E-state index contributed by atoms with van der Waals surface area (Å²) in [5.41, 5.74) is 2.07. The standard InChI is InChI=1S/C18H28N4O2/c1-19(2)18(24)22-12-10-21(11-13-22)16-14-15(6-7-17(16)23)20-8-4-3-5-9-20/h6-7,14,23H,3-5,8-13H2,1-2H3. The average molecular weight is 332 g/mol. The molecule has 2 aliphatic heterocycles. The van der Waals surface area contributed by atoms with Crippen molar-refractivity contribution in [2.24, 2.45) is 0 Å². The van der Waals surface area contributed by atoms with Crippen LogP contribution in [0, 0.1) is 0 Å². The van der Waals surface area contributed by atoms with Gasteiger partial charge in [-0.2, -0.15) is 0 Å². The number of phenols is 1. The summed E-state index contributed by atoms with van der Waals surface area (Å²) in [7, 11) is 3.56. The summed E-state index contributed by atoms with van der Waals surface area (Å²) in [6, 6.07) is 5.97. The van der Waals surface area contributed by atoms with Crippen LogP contribution in [0.3, 0.4) is 0 Å². The predicted octanol–water partition coefficient (Wildman–Crippen LogP) is 2.19. The lowest BCUT2D eigenvalue weighted by atomic mass is 10.1. The molecule has 24 heavy (non-hydrogen) atoms. The second kappa shape index (κ2) is 7.20. The Bertz CT molecular complexity index is 576. The predicted molar refractivity (Wildman–Crippen MR) is 97.0 cm³/mol. The number of hydrogen-bond acceptors (Lipinski definition) is 4. The van der Waals surface area contributed by atoms with E-state index >= 15 is 0 Å². The number of amides is 2. The number of carbonyl (C=O) groups is 1. The van der Waals surface area contributed by atoms with Gasteiger partial charge in [-0.25, -0.2) is 4.79 Å². The fourth-order valence-electron chi connectivity index (χ4n) is 3.54. The van der Waals surface area contributed by atoms with E-state index in [0.29, 0.717) is 18.8 Å². The van der Waals surface area contributed by atoms with Gasteiger partial charge in [0, 0.05) is 59.1 Å². The van der Waals surface area contributed by atoms with Crippen LogP contribution in [-0.4, -0.2) is 74.3 Å². The van der Waals surface area contributed by atoms with E-state index in [1.165, 1.54) is 24.9 Å². The summed E-state index contributed by atoms with van der Waals surface area (Å²) in [4.78, 5) is 20.1. The van der Waals surface area contributed by atoms with Crippen LogP contribution >= 0.6 is 0 Å². The molecule has 2 saturated heterocycles. The van der Waals surface area contributed by atoms with E-state index in [-0.39, 0.29) is 6.03 Å². The molecule has 1 aromatic rings. The van der Waals surface area contributed by atoms with Gasteiger partial charge in [0.15, 0.2) is 0 Å². The van der Waals surface area contributed by atoms with Gasteiger partial charge in [0.05, 0.1) is 5.69 Å². The largest absolute Gasteiger partial charge is 0.506 e. The molecule has 2 heterocycles. The minimum atomic E-state index is 0.0564. The van der Waals surface area contributed by atoms with Crippen LogP contribution in [0.15, 0.2) is 18.2 Å². The molecule has 1 N–H and O–H groups in total. The molecular weight excluding hydrogens is 304 g/mol. The van der Waals surface area contributed by atoms with Crippen LogP contribution in [0.1, 0.15) is 19.3 Å². The zero-order valence-corrected chi connectivity index (χ0v) is 14.7. The van der Waals surface area contributed by atoms with Gasteiger partial charge in [0.1, 0.15) is 5.75 Å². The maximum absolute atomic E-state index is 12.0. The van der Waals surface area contributed by atoms with Crippen molar-refractivity contribution in [1.82, 2.24) is 9.80 Å². The van der Waals surface area contributed by atoms with Crippen molar-refractivity contribution < 1.29 is 9.90 Å². The number of carbonyl (C=O) groups excluding carboxylic acids is 1. The average Bonchev–Trinajstić information content (AvgIpc) is 2.62. The summed E-state index contributed by atoms with van der Waals surface area (Å²) in [5.74, 6) is 0.322. The minimum absolute atomic E-state index is 0.0564. The Labute approximate surface area is 144 Å². The van der Waals surface area contributed by atoms with Crippen molar-refractivity contribution >= 4 is 17.4 Å². The zero-order valence-electron chi connectivity index (χ0n) is 14.7. The van der Waals surface area contributed by atoms with E-state index in [4.69, 9.17) is 0 Å². The van der Waals surface area contributed by atoms with Gasteiger partial charge in [-0.3, -0.25) is 0 Å². The molecule has 0 atom stereocenters. The first-order valence-corrected chi connectivity index (χ1v) is 8.85. The lowest BCUT2D eigenvalue weighted by Crippen LogP contribution is -2.51. The third-order valence-electron chi connectivity index (χ3n) is 4.95. The van der Waals surface area contributed by atoms with E-state index in [1.54, 1.807) is 25.1 Å². The smallest absolute Gasteiger partial charge is 0.319 e. The van der Waals surface area contributed by atoms with Gasteiger partial charge >= 0.3 is 6.03 Å². The van der Waals surface area contributed by atoms with Gasteiger partial charge in [-0.05, 0) is 37.5 Å². The SMILES string of the molecule is CN(C)C(=O)N1CCN(c2cc(N3CCCCC3)ccc2O)CC1. The van der Waals surface area contributed by atoms with Crippen LogP contribution in [0.4, 0.5) is 16.2 Å². The fraction of sp³-hybridized carbons (Fsp3) is 0.611. The van der Waals surface area contributed by atoms with Crippen molar-refractivity contribution in [2.75, 3.05) is 63.2 Å². The molecule has 0 aliphatic carbocycles. The summed E-state index contributed by atoms with van der Waals surface area (Å²) < 4.78 is 0. The summed E-state index contributed by atoms with van der Waals surface area (Å²) >= 11 is 0. The number of anilines is 2. The van der Waals surface area contributed by atoms with Gasteiger partial charge in [0.25, 0.3) is 0 Å². The monoisotopic (exact) mass is 332 g/mol. The van der Waals surface area contributed by atoms with Crippen molar-refractivity contribution in [3.63, 3.8) is 0 Å². The highest BCUT2D eigenvalue weighted by atomic mass is 16.3. The van der Waals surface area contributed by atoms with E-state index < -0.39 is 0 Å². The molecule has 2 aliphatic rings. The Morgan fingerprint density at radius 2 is 1.62 bits per heavy atom. The van der Waals surface area contributed by atoms with Crippen molar-refractivity contribution in [2.45, 2.75) is 19.3 Å². The molecule has 0 aromatic heterocycles. The van der Waals surface area contributed by atoms with E-state index in [9.17, 15) is 9.90 Å². The van der Waals surface area contributed by atoms with Crippen LogP contribution < -0.4 is 9.80 Å². The number of benzene rings is 1. The molecule has 2 amide bonds. The van der Waals surface area contributed by atoms with Gasteiger partial charge in [0.2, 0.25) is 0 Å². The number of aromatic hydroxyl groups is 1. The van der Waals surface area contributed by atoms with E-state index in [0.717, 1.165) is 31.9 Å². The van der Waals surface area contributed by atoms with E-state index in [1.807, 2.05) is 11.0 Å². The molecule has 6 nitrogen and oxygen atoms in total. The topological polar surface area (TPSA) is 50.3 Å². The van der Waals surface area contributed by atoms with Crippen LogP contribution in [0.5, 0.6) is 5.75 Å². The number of piperidine rings is 1. The molecule has 3 rings (SSSR count). The molecular formula is C18H28N4O2. The van der Waals surface area contributed by atoms with Gasteiger partial charge in [-0.15, -0.1) is 0 Å². The third-order valence-corrected chi connectivity index (χ3v) is 4.95. The summed E-state index contributed by atoms with van der Waals surface area (Å²) in [5, 5.41) is 10.3. The highest BCUT2D eigenvalue weighted by Gasteiger charge is 2.24. The Balaban J connectivity index is 1.69. The van der Waals surface area contributed by atoms with Crippen LogP contribution in [-0.2, 0) is 0 Å². The fourth-order valence-corrected chi connectivity index (χ4v) is 3.54. The molecule has 0 unspecified atom stereocenters. The van der Waals surface area contributed by atoms with Crippen molar-refractivity contribution in [1.29, 1.82) is 0 Å². The molecule has 2 fully saturated rings. The quantitative estimate of drug-likeness (QED) is 0.902. The lowest BCUT2D eigenvalue weighted by Gasteiger charge is -2.38. The van der Waals surface area contributed by atoms with Crippen LogP contribution in [0.2, 0.25) is 0 Å². The number of phenolic OH excluding ortho intramolecular Hbond substituents is 1. The third kappa shape index (κ3) is 3.52. The van der Waals surface area contributed by atoms with Gasteiger partial charge < -0.3 is 24.7 Å². The first-order chi connectivity index (χ1) is 11.6. The zero-order chi connectivity index (χ0) is 17.1. The Kier molecular flexibility index (Phi) is 5.02. The number of piperazine rings is 1. The lowest BCUT2D eigenvalue weighted by molar-refractivity contribution is 0.168. The van der Waals surface area contributed by atoms with Crippen molar-refractivity contribution in [3.05, 3.63) is 18.2 Å². The van der Waals surface area contributed by atoms with Crippen molar-refractivity contribution in [3.8, 4) is 5.75 Å². The normalized spacial score (nSPS) is 18.7. The molecule has 0 radical (unpaired) electrons. The Morgan fingerprint density at radius 1 is 0.958 bits per heavy atom. The molecule has 0 saturated carbocycles. The number of rotatable bonds is 2. The number of nitrogens with zero attached hydrogens (tertiary/aromatic N) is 4. The second-order valence-electron chi connectivity index (χ2n) is 6.87. The Morgan fingerprint density at radius 3 is 2.25 bits per heavy atom. The first-order valence-electron chi connectivity index (χ1n) is 8.85.